The van der Waals surface area contributed by atoms with E-state index in [0.29, 0.717) is 11.3 Å². The summed E-state index contributed by atoms with van der Waals surface area (Å²) in [7, 11) is 0. The zero-order chi connectivity index (χ0) is 19.5. The fourth-order valence-corrected chi connectivity index (χ4v) is 4.36. The molecule has 1 saturated heterocycles. The van der Waals surface area contributed by atoms with E-state index in [1.54, 1.807) is 6.20 Å². The van der Waals surface area contributed by atoms with E-state index < -0.39 is 0 Å². The molecule has 0 saturated carbocycles. The fraction of sp³-hybridized carbons (Fsp3) is 0.304. The number of piperidine rings is 1. The molecular weight excluding hydrogens is 416 g/mol. The molecule has 1 fully saturated rings. The van der Waals surface area contributed by atoms with Crippen LogP contribution in [-0.2, 0) is 17.8 Å². The van der Waals surface area contributed by atoms with Gasteiger partial charge >= 0.3 is 0 Å². The molecule has 28 heavy (non-hydrogen) atoms. The molecule has 1 aliphatic rings. The van der Waals surface area contributed by atoms with Gasteiger partial charge in [-0.1, -0.05) is 46.3 Å². The average molecular weight is 439 g/mol. The number of amides is 1. The summed E-state index contributed by atoms with van der Waals surface area (Å²) in [5, 5.41) is 0.631. The highest BCUT2D eigenvalue weighted by molar-refractivity contribution is 9.10. The van der Waals surface area contributed by atoms with Crippen molar-refractivity contribution < 1.29 is 4.79 Å². The average Bonchev–Trinajstić information content (AvgIpc) is 2.71. The molecule has 4 nitrogen and oxygen atoms in total. The van der Waals surface area contributed by atoms with Crippen LogP contribution in [0.5, 0.6) is 0 Å². The molecule has 1 aromatic heterocycles. The van der Waals surface area contributed by atoms with Crippen molar-refractivity contribution >= 4 is 32.7 Å². The van der Waals surface area contributed by atoms with Crippen molar-refractivity contribution in [1.82, 2.24) is 9.47 Å². The molecule has 2 heterocycles. The fourth-order valence-electron chi connectivity index (χ4n) is 4.00. The minimum atomic E-state index is -0.0262. The van der Waals surface area contributed by atoms with Crippen LogP contribution in [0.2, 0.25) is 0 Å². The van der Waals surface area contributed by atoms with Crippen LogP contribution in [0.3, 0.4) is 0 Å². The summed E-state index contributed by atoms with van der Waals surface area (Å²) in [5.41, 5.74) is 2.14. The molecule has 0 bridgehead atoms. The van der Waals surface area contributed by atoms with Crippen LogP contribution in [0.1, 0.15) is 18.4 Å². The predicted octanol–water partition coefficient (Wildman–Crippen LogP) is 4.25. The van der Waals surface area contributed by atoms with Gasteiger partial charge in [-0.15, -0.1) is 0 Å². The zero-order valence-electron chi connectivity index (χ0n) is 15.7. The standard InChI is InChI=1S/C23H23BrN2O2/c24-19-6-7-21-20(15-19)22(27)10-13-26(21)16-23(28)25-11-8-18(9-12-25)14-17-4-2-1-3-5-17/h1-7,10,13,15,18H,8-9,11-12,14,16H2. The van der Waals surface area contributed by atoms with Crippen molar-refractivity contribution in [2.75, 3.05) is 13.1 Å². The van der Waals surface area contributed by atoms with Crippen LogP contribution in [0.15, 0.2) is 70.1 Å². The number of carbonyl (C=O) groups is 1. The summed E-state index contributed by atoms with van der Waals surface area (Å²) in [6.45, 7) is 1.88. The maximum atomic E-state index is 12.8. The van der Waals surface area contributed by atoms with E-state index in [9.17, 15) is 9.59 Å². The van der Waals surface area contributed by atoms with Crippen molar-refractivity contribution in [3.05, 3.63) is 81.1 Å². The first-order chi connectivity index (χ1) is 13.6. The van der Waals surface area contributed by atoms with Crippen LogP contribution in [0, 0.1) is 5.92 Å². The first-order valence-corrected chi connectivity index (χ1v) is 10.5. The van der Waals surface area contributed by atoms with E-state index in [1.807, 2.05) is 33.7 Å². The number of aromatic nitrogens is 1. The summed E-state index contributed by atoms with van der Waals surface area (Å²) < 4.78 is 2.74. The second kappa shape index (κ2) is 8.31. The third kappa shape index (κ3) is 4.20. The van der Waals surface area contributed by atoms with E-state index in [2.05, 4.69) is 40.2 Å². The van der Waals surface area contributed by atoms with E-state index in [4.69, 9.17) is 0 Å². The van der Waals surface area contributed by atoms with Gasteiger partial charge < -0.3 is 9.47 Å². The third-order valence-corrected chi connectivity index (χ3v) is 6.07. The summed E-state index contributed by atoms with van der Waals surface area (Å²) >= 11 is 3.41. The SMILES string of the molecule is O=C(Cn1ccc(=O)c2cc(Br)ccc21)N1CCC(Cc2ccccc2)CC1. The Bertz CT molecular complexity index is 1040. The molecule has 0 N–H and O–H groups in total. The Labute approximate surface area is 172 Å². The van der Waals surface area contributed by atoms with Gasteiger partial charge in [0.2, 0.25) is 5.91 Å². The molecule has 1 aliphatic heterocycles. The maximum absolute atomic E-state index is 12.8. The highest BCUT2D eigenvalue weighted by atomic mass is 79.9. The topological polar surface area (TPSA) is 42.3 Å². The number of benzene rings is 2. The second-order valence-electron chi connectivity index (χ2n) is 7.48. The summed E-state index contributed by atoms with van der Waals surface area (Å²) in [4.78, 5) is 26.9. The largest absolute Gasteiger partial charge is 0.341 e. The number of fused-ring (bicyclic) bond motifs is 1. The lowest BCUT2D eigenvalue weighted by molar-refractivity contribution is -0.133. The molecule has 0 unspecified atom stereocenters. The van der Waals surface area contributed by atoms with Crippen molar-refractivity contribution in [3.63, 3.8) is 0 Å². The quantitative estimate of drug-likeness (QED) is 0.610. The second-order valence-corrected chi connectivity index (χ2v) is 8.40. The number of likely N-dealkylation sites (tertiary alicyclic amines) is 1. The minimum Gasteiger partial charge on any atom is -0.341 e. The monoisotopic (exact) mass is 438 g/mol. The lowest BCUT2D eigenvalue weighted by Crippen LogP contribution is -2.40. The molecule has 4 rings (SSSR count). The van der Waals surface area contributed by atoms with Crippen molar-refractivity contribution in [1.29, 1.82) is 0 Å². The molecule has 0 aliphatic carbocycles. The van der Waals surface area contributed by atoms with Crippen LogP contribution in [0.4, 0.5) is 0 Å². The molecule has 0 atom stereocenters. The number of halogens is 1. The van der Waals surface area contributed by atoms with E-state index in [-0.39, 0.29) is 17.9 Å². The number of carbonyl (C=O) groups excluding carboxylic acids is 1. The third-order valence-electron chi connectivity index (χ3n) is 5.58. The van der Waals surface area contributed by atoms with Gasteiger partial charge in [-0.2, -0.15) is 0 Å². The number of rotatable bonds is 4. The van der Waals surface area contributed by atoms with Crippen LogP contribution >= 0.6 is 15.9 Å². The first kappa shape index (κ1) is 18.9. The molecule has 3 aromatic rings. The number of hydrogen-bond donors (Lipinski definition) is 0. The van der Waals surface area contributed by atoms with Gasteiger partial charge in [-0.3, -0.25) is 9.59 Å². The van der Waals surface area contributed by atoms with Crippen LogP contribution in [0.25, 0.3) is 10.9 Å². The number of hydrogen-bond acceptors (Lipinski definition) is 2. The molecular formula is C23H23BrN2O2. The Kier molecular flexibility index (Phi) is 5.62. The first-order valence-electron chi connectivity index (χ1n) is 9.70. The molecule has 0 spiro atoms. The molecule has 144 valence electrons. The predicted molar refractivity (Wildman–Crippen MR) is 115 cm³/mol. The highest BCUT2D eigenvalue weighted by Crippen LogP contribution is 2.22. The molecule has 2 aromatic carbocycles. The Hall–Kier alpha value is -2.40. The van der Waals surface area contributed by atoms with E-state index in [1.165, 1.54) is 11.6 Å². The van der Waals surface area contributed by atoms with Gasteiger partial charge in [-0.05, 0) is 48.9 Å². The summed E-state index contributed by atoms with van der Waals surface area (Å²) in [6, 6.07) is 17.7. The van der Waals surface area contributed by atoms with Gasteiger partial charge in [-0.25, -0.2) is 0 Å². The van der Waals surface area contributed by atoms with E-state index in [0.717, 1.165) is 42.3 Å². The van der Waals surface area contributed by atoms with Gasteiger partial charge in [0.15, 0.2) is 5.43 Å². The smallest absolute Gasteiger partial charge is 0.242 e. The molecule has 1 amide bonds. The normalized spacial score (nSPS) is 15.1. The zero-order valence-corrected chi connectivity index (χ0v) is 17.3. The Morgan fingerprint density at radius 2 is 1.79 bits per heavy atom. The van der Waals surface area contributed by atoms with Gasteiger partial charge in [0.1, 0.15) is 6.54 Å². The lowest BCUT2D eigenvalue weighted by Gasteiger charge is -2.32. The van der Waals surface area contributed by atoms with Gasteiger partial charge in [0, 0.05) is 35.2 Å². The molecule has 5 heteroatoms. The van der Waals surface area contributed by atoms with Crippen LogP contribution < -0.4 is 5.43 Å². The van der Waals surface area contributed by atoms with Crippen molar-refractivity contribution in [3.8, 4) is 0 Å². The highest BCUT2D eigenvalue weighted by Gasteiger charge is 2.23. The van der Waals surface area contributed by atoms with Gasteiger partial charge in [0.25, 0.3) is 0 Å². The summed E-state index contributed by atoms with van der Waals surface area (Å²) in [5.74, 6) is 0.753. The Morgan fingerprint density at radius 3 is 2.54 bits per heavy atom. The number of pyridine rings is 1. The van der Waals surface area contributed by atoms with E-state index >= 15 is 0 Å². The minimum absolute atomic E-state index is 0.0262. The van der Waals surface area contributed by atoms with Gasteiger partial charge in [0.05, 0.1) is 5.52 Å². The van der Waals surface area contributed by atoms with Crippen LogP contribution in [-0.4, -0.2) is 28.5 Å². The Balaban J connectivity index is 1.41. The molecule has 0 radical (unpaired) electrons. The number of nitrogens with zero attached hydrogens (tertiary/aromatic N) is 2. The maximum Gasteiger partial charge on any atom is 0.242 e. The summed E-state index contributed by atoms with van der Waals surface area (Å²) in [6.07, 6.45) is 4.89. The van der Waals surface area contributed by atoms with Crippen molar-refractivity contribution in [2.45, 2.75) is 25.8 Å². The lowest BCUT2D eigenvalue weighted by atomic mass is 9.90. The van der Waals surface area contributed by atoms with Crippen molar-refractivity contribution in [2.24, 2.45) is 5.92 Å². The Morgan fingerprint density at radius 1 is 1.04 bits per heavy atom.